The number of carbonyl (C=O) groups excluding carboxylic acids is 1. The summed E-state index contributed by atoms with van der Waals surface area (Å²) in [5, 5.41) is 6.08. The van der Waals surface area contributed by atoms with Crippen LogP contribution < -0.4 is 10.6 Å². The Morgan fingerprint density at radius 2 is 2.06 bits per heavy atom. The van der Waals surface area contributed by atoms with Crippen molar-refractivity contribution in [2.24, 2.45) is 0 Å². The number of ether oxygens (including phenoxy) is 2. The lowest BCUT2D eigenvalue weighted by Gasteiger charge is -2.24. The molecule has 0 spiro atoms. The predicted octanol–water partition coefficient (Wildman–Crippen LogP) is 0.644. The Balaban J connectivity index is 2.24. The molecule has 1 aliphatic heterocycles. The van der Waals surface area contributed by atoms with Crippen molar-refractivity contribution in [2.75, 3.05) is 26.3 Å². The van der Waals surface area contributed by atoms with Crippen molar-refractivity contribution in [3.63, 3.8) is 0 Å². The first-order valence-corrected chi connectivity index (χ1v) is 6.52. The van der Waals surface area contributed by atoms with Crippen LogP contribution >= 0.6 is 0 Å². The van der Waals surface area contributed by atoms with Crippen molar-refractivity contribution in [1.82, 2.24) is 10.6 Å². The van der Waals surface area contributed by atoms with Gasteiger partial charge in [0.2, 0.25) is 5.91 Å². The summed E-state index contributed by atoms with van der Waals surface area (Å²) in [5.41, 5.74) is 0. The minimum absolute atomic E-state index is 0.0485. The van der Waals surface area contributed by atoms with E-state index in [4.69, 9.17) is 9.47 Å². The maximum atomic E-state index is 11.8. The summed E-state index contributed by atoms with van der Waals surface area (Å²) in [6.45, 7) is 6.34. The average Bonchev–Trinajstić information content (AvgIpc) is 2.37. The van der Waals surface area contributed by atoms with E-state index in [0.29, 0.717) is 19.8 Å². The molecule has 0 aromatic carbocycles. The Kier molecular flexibility index (Phi) is 7.16. The molecule has 17 heavy (non-hydrogen) atoms. The molecule has 0 aliphatic carbocycles. The highest BCUT2D eigenvalue weighted by Crippen LogP contribution is 2.06. The fourth-order valence-corrected chi connectivity index (χ4v) is 1.92. The van der Waals surface area contributed by atoms with Crippen molar-refractivity contribution >= 4 is 5.91 Å². The van der Waals surface area contributed by atoms with Crippen LogP contribution in [0, 0.1) is 0 Å². The lowest BCUT2D eigenvalue weighted by molar-refractivity contribution is -0.141. The van der Waals surface area contributed by atoms with Gasteiger partial charge in [-0.1, -0.05) is 6.42 Å². The molecule has 1 saturated heterocycles. The van der Waals surface area contributed by atoms with Crippen LogP contribution in [0.15, 0.2) is 0 Å². The third-order valence-corrected chi connectivity index (χ3v) is 2.77. The van der Waals surface area contributed by atoms with Gasteiger partial charge >= 0.3 is 0 Å². The zero-order valence-corrected chi connectivity index (χ0v) is 10.8. The molecule has 2 N–H and O–H groups in total. The molecule has 1 atom stereocenters. The fraction of sp³-hybridized carbons (Fsp3) is 0.917. The number of amides is 1. The third-order valence-electron chi connectivity index (χ3n) is 2.77. The number of carbonyl (C=O) groups is 1. The van der Waals surface area contributed by atoms with E-state index in [9.17, 15) is 4.79 Å². The highest BCUT2D eigenvalue weighted by atomic mass is 16.7. The first-order chi connectivity index (χ1) is 8.27. The minimum atomic E-state index is -0.336. The summed E-state index contributed by atoms with van der Waals surface area (Å²) in [6.07, 6.45) is 2.85. The van der Waals surface area contributed by atoms with Crippen LogP contribution in [0.4, 0.5) is 0 Å². The summed E-state index contributed by atoms with van der Waals surface area (Å²) in [5.74, 6) is 0.0501. The van der Waals surface area contributed by atoms with Crippen molar-refractivity contribution < 1.29 is 14.3 Å². The normalized spacial score (nSPS) is 20.5. The van der Waals surface area contributed by atoms with Gasteiger partial charge in [-0.3, -0.25) is 4.79 Å². The molecule has 0 saturated carbocycles. The summed E-state index contributed by atoms with van der Waals surface area (Å²) in [6, 6.07) is -0.0485. The predicted molar refractivity (Wildman–Crippen MR) is 65.7 cm³/mol. The highest BCUT2D eigenvalue weighted by molar-refractivity contribution is 5.81. The Morgan fingerprint density at radius 1 is 1.35 bits per heavy atom. The van der Waals surface area contributed by atoms with Gasteiger partial charge in [0.25, 0.3) is 0 Å². The van der Waals surface area contributed by atoms with Gasteiger partial charge in [-0.05, 0) is 33.2 Å². The SMILES string of the molecule is CCOC(CNC(=O)C1CCCCN1)OCC. The molecule has 0 radical (unpaired) electrons. The van der Waals surface area contributed by atoms with E-state index < -0.39 is 0 Å². The number of hydrogen-bond acceptors (Lipinski definition) is 4. The molecule has 1 heterocycles. The Hall–Kier alpha value is -0.650. The lowest BCUT2D eigenvalue weighted by atomic mass is 10.0. The van der Waals surface area contributed by atoms with Gasteiger partial charge in [-0.15, -0.1) is 0 Å². The molecule has 5 heteroatoms. The molecule has 1 aliphatic rings. The van der Waals surface area contributed by atoms with Crippen molar-refractivity contribution in [2.45, 2.75) is 45.4 Å². The number of piperidine rings is 1. The van der Waals surface area contributed by atoms with Crippen LogP contribution in [-0.2, 0) is 14.3 Å². The molecule has 1 fully saturated rings. The average molecular weight is 244 g/mol. The minimum Gasteiger partial charge on any atom is -0.351 e. The monoisotopic (exact) mass is 244 g/mol. The smallest absolute Gasteiger partial charge is 0.237 e. The van der Waals surface area contributed by atoms with Crippen LogP contribution in [0.5, 0.6) is 0 Å². The van der Waals surface area contributed by atoms with Crippen LogP contribution in [0.3, 0.4) is 0 Å². The standard InChI is InChI=1S/C12H24N2O3/c1-3-16-11(17-4-2)9-14-12(15)10-7-5-6-8-13-10/h10-11,13H,3-9H2,1-2H3,(H,14,15). The number of hydrogen-bond donors (Lipinski definition) is 2. The molecule has 1 amide bonds. The zero-order chi connectivity index (χ0) is 12.5. The van der Waals surface area contributed by atoms with Gasteiger partial charge < -0.3 is 20.1 Å². The molecule has 0 aromatic heterocycles. The maximum absolute atomic E-state index is 11.8. The van der Waals surface area contributed by atoms with E-state index in [-0.39, 0.29) is 18.2 Å². The second kappa shape index (κ2) is 8.44. The lowest BCUT2D eigenvalue weighted by Crippen LogP contribution is -2.48. The molecular weight excluding hydrogens is 220 g/mol. The van der Waals surface area contributed by atoms with E-state index >= 15 is 0 Å². The first-order valence-electron chi connectivity index (χ1n) is 6.52. The molecule has 100 valence electrons. The third kappa shape index (κ3) is 5.48. The highest BCUT2D eigenvalue weighted by Gasteiger charge is 2.21. The quantitative estimate of drug-likeness (QED) is 0.645. The van der Waals surface area contributed by atoms with Crippen molar-refractivity contribution in [3.8, 4) is 0 Å². The summed E-state index contributed by atoms with van der Waals surface area (Å²) in [4.78, 5) is 11.8. The van der Waals surface area contributed by atoms with Gasteiger partial charge in [0, 0.05) is 13.2 Å². The number of rotatable bonds is 7. The van der Waals surface area contributed by atoms with Gasteiger partial charge in [0.15, 0.2) is 6.29 Å². The first kappa shape index (κ1) is 14.4. The fourth-order valence-electron chi connectivity index (χ4n) is 1.92. The van der Waals surface area contributed by atoms with E-state index in [0.717, 1.165) is 25.8 Å². The Labute approximate surface area is 103 Å². The molecule has 1 unspecified atom stereocenters. The molecular formula is C12H24N2O3. The van der Waals surface area contributed by atoms with Gasteiger partial charge in [0.05, 0.1) is 12.6 Å². The zero-order valence-electron chi connectivity index (χ0n) is 10.8. The molecule has 1 rings (SSSR count). The summed E-state index contributed by atoms with van der Waals surface area (Å²) in [7, 11) is 0. The Morgan fingerprint density at radius 3 is 2.59 bits per heavy atom. The van der Waals surface area contributed by atoms with E-state index in [1.165, 1.54) is 0 Å². The van der Waals surface area contributed by atoms with Gasteiger partial charge in [0.1, 0.15) is 0 Å². The van der Waals surface area contributed by atoms with Gasteiger partial charge in [-0.2, -0.15) is 0 Å². The van der Waals surface area contributed by atoms with E-state index in [2.05, 4.69) is 10.6 Å². The maximum Gasteiger partial charge on any atom is 0.237 e. The second-order valence-electron chi connectivity index (χ2n) is 4.09. The van der Waals surface area contributed by atoms with Crippen LogP contribution in [0.2, 0.25) is 0 Å². The topological polar surface area (TPSA) is 59.6 Å². The largest absolute Gasteiger partial charge is 0.351 e. The molecule has 0 aromatic rings. The van der Waals surface area contributed by atoms with Crippen LogP contribution in [-0.4, -0.2) is 44.5 Å². The van der Waals surface area contributed by atoms with Crippen molar-refractivity contribution in [3.05, 3.63) is 0 Å². The Bertz CT molecular complexity index is 212. The molecule has 5 nitrogen and oxygen atoms in total. The van der Waals surface area contributed by atoms with Gasteiger partial charge in [-0.25, -0.2) is 0 Å². The van der Waals surface area contributed by atoms with Crippen LogP contribution in [0.25, 0.3) is 0 Å². The summed E-state index contributed by atoms with van der Waals surface area (Å²) < 4.78 is 10.7. The van der Waals surface area contributed by atoms with E-state index in [1.807, 2.05) is 13.8 Å². The number of nitrogens with one attached hydrogen (secondary N) is 2. The summed E-state index contributed by atoms with van der Waals surface area (Å²) >= 11 is 0. The molecule has 0 bridgehead atoms. The van der Waals surface area contributed by atoms with Crippen LogP contribution in [0.1, 0.15) is 33.1 Å². The second-order valence-corrected chi connectivity index (χ2v) is 4.09. The van der Waals surface area contributed by atoms with E-state index in [1.54, 1.807) is 0 Å². The van der Waals surface area contributed by atoms with Crippen molar-refractivity contribution in [1.29, 1.82) is 0 Å².